The third kappa shape index (κ3) is 6.11. The lowest BCUT2D eigenvalue weighted by Gasteiger charge is -2.23. The van der Waals surface area contributed by atoms with Gasteiger partial charge in [-0.05, 0) is 62.7 Å². The molecule has 0 amide bonds. The Morgan fingerprint density at radius 2 is 1.87 bits per heavy atom. The van der Waals surface area contributed by atoms with Crippen molar-refractivity contribution in [3.63, 3.8) is 0 Å². The Labute approximate surface area is 153 Å². The van der Waals surface area contributed by atoms with Crippen molar-refractivity contribution < 1.29 is 0 Å². The molecular weight excluding hydrogens is 327 g/mol. The van der Waals surface area contributed by atoms with E-state index < -0.39 is 0 Å². The van der Waals surface area contributed by atoms with Gasteiger partial charge in [-0.25, -0.2) is 0 Å². The van der Waals surface area contributed by atoms with Gasteiger partial charge in [-0.15, -0.1) is 24.8 Å². The fraction of sp³-hybridized carbons (Fsp3) is 0.579. The first kappa shape index (κ1) is 20.5. The van der Waals surface area contributed by atoms with Crippen LogP contribution in [-0.4, -0.2) is 25.7 Å². The van der Waals surface area contributed by atoms with E-state index in [0.717, 1.165) is 17.9 Å². The molecule has 2 nitrogen and oxygen atoms in total. The lowest BCUT2D eigenvalue weighted by atomic mass is 9.98. The molecule has 0 spiro atoms. The van der Waals surface area contributed by atoms with Gasteiger partial charge >= 0.3 is 0 Å². The first-order valence-electron chi connectivity index (χ1n) is 8.56. The number of rotatable bonds is 6. The summed E-state index contributed by atoms with van der Waals surface area (Å²) in [5.41, 5.74) is 2.96. The maximum atomic E-state index is 3.81. The Bertz CT molecular complexity index is 470. The molecule has 1 heterocycles. The summed E-state index contributed by atoms with van der Waals surface area (Å²) in [6.07, 6.45) is 7.58. The summed E-state index contributed by atoms with van der Waals surface area (Å²) in [5, 5.41) is 7.25. The number of hydrogen-bond acceptors (Lipinski definition) is 2. The lowest BCUT2D eigenvalue weighted by Crippen LogP contribution is -2.34. The van der Waals surface area contributed by atoms with Gasteiger partial charge in [0.1, 0.15) is 0 Å². The predicted molar refractivity (Wildman–Crippen MR) is 105 cm³/mol. The standard InChI is InChI=1S/C19H28N2.2ClH/c1-2-17(12-15-6-4-3-5-7-15)18-13-19(18)21-14-16-8-10-20-11-9-16;;/h3-7,12,16,18-21H,2,8-11,13-14H2,1H3;2*1H. The van der Waals surface area contributed by atoms with Gasteiger partial charge in [-0.2, -0.15) is 0 Å². The fourth-order valence-corrected chi connectivity index (χ4v) is 3.47. The molecule has 2 N–H and O–H groups in total. The van der Waals surface area contributed by atoms with Crippen LogP contribution in [0.4, 0.5) is 0 Å². The predicted octanol–water partition coefficient (Wildman–Crippen LogP) is 4.30. The van der Waals surface area contributed by atoms with E-state index in [1.807, 2.05) is 0 Å². The molecule has 0 bridgehead atoms. The molecule has 0 aromatic heterocycles. The summed E-state index contributed by atoms with van der Waals surface area (Å²) < 4.78 is 0. The van der Waals surface area contributed by atoms with Crippen LogP contribution in [0.2, 0.25) is 0 Å². The Hall–Kier alpha value is -0.540. The number of hydrogen-bond donors (Lipinski definition) is 2. The van der Waals surface area contributed by atoms with Crippen molar-refractivity contribution in [2.24, 2.45) is 11.8 Å². The van der Waals surface area contributed by atoms with Crippen LogP contribution in [0.25, 0.3) is 6.08 Å². The van der Waals surface area contributed by atoms with Gasteiger partial charge in [-0.1, -0.05) is 48.9 Å². The van der Waals surface area contributed by atoms with Crippen LogP contribution in [0.3, 0.4) is 0 Å². The molecule has 1 aromatic carbocycles. The first-order valence-corrected chi connectivity index (χ1v) is 8.56. The van der Waals surface area contributed by atoms with E-state index in [4.69, 9.17) is 0 Å². The number of benzene rings is 1. The summed E-state index contributed by atoms with van der Waals surface area (Å²) in [6, 6.07) is 11.5. The van der Waals surface area contributed by atoms with Crippen LogP contribution in [0.5, 0.6) is 0 Å². The van der Waals surface area contributed by atoms with E-state index in [1.165, 1.54) is 50.9 Å². The van der Waals surface area contributed by atoms with Crippen molar-refractivity contribution in [2.75, 3.05) is 19.6 Å². The Balaban J connectivity index is 0.00000132. The van der Waals surface area contributed by atoms with E-state index in [-0.39, 0.29) is 24.8 Å². The average molecular weight is 357 g/mol. The highest BCUT2D eigenvalue weighted by atomic mass is 35.5. The summed E-state index contributed by atoms with van der Waals surface area (Å²) in [4.78, 5) is 0. The normalized spacial score (nSPS) is 24.5. The van der Waals surface area contributed by atoms with Crippen molar-refractivity contribution in [1.82, 2.24) is 10.6 Å². The summed E-state index contributed by atoms with van der Waals surface area (Å²) in [6.45, 7) is 5.91. The van der Waals surface area contributed by atoms with Gasteiger partial charge in [-0.3, -0.25) is 0 Å². The minimum absolute atomic E-state index is 0. The molecule has 1 aliphatic carbocycles. The summed E-state index contributed by atoms with van der Waals surface area (Å²) in [5.74, 6) is 1.66. The molecule has 2 atom stereocenters. The van der Waals surface area contributed by atoms with Crippen molar-refractivity contribution >= 4 is 30.9 Å². The van der Waals surface area contributed by atoms with Crippen LogP contribution < -0.4 is 10.6 Å². The SMILES string of the molecule is CCC(=Cc1ccccc1)C1CC1NCC1CCNCC1.Cl.Cl. The summed E-state index contributed by atoms with van der Waals surface area (Å²) in [7, 11) is 0. The van der Waals surface area contributed by atoms with Crippen LogP contribution in [-0.2, 0) is 0 Å². The molecule has 3 rings (SSSR count). The molecule has 4 heteroatoms. The maximum Gasteiger partial charge on any atom is 0.0140 e. The number of halogens is 2. The molecule has 23 heavy (non-hydrogen) atoms. The zero-order valence-corrected chi connectivity index (χ0v) is 15.6. The van der Waals surface area contributed by atoms with Crippen LogP contribution in [0, 0.1) is 11.8 Å². The van der Waals surface area contributed by atoms with Gasteiger partial charge < -0.3 is 10.6 Å². The number of piperidine rings is 1. The quantitative estimate of drug-likeness (QED) is 0.793. The van der Waals surface area contributed by atoms with Gasteiger partial charge in [0, 0.05) is 6.04 Å². The molecule has 1 saturated carbocycles. The van der Waals surface area contributed by atoms with Crippen LogP contribution >= 0.6 is 24.8 Å². The summed E-state index contributed by atoms with van der Waals surface area (Å²) >= 11 is 0. The molecule has 2 aliphatic rings. The molecule has 1 aromatic rings. The van der Waals surface area contributed by atoms with Crippen LogP contribution in [0.1, 0.15) is 38.2 Å². The van der Waals surface area contributed by atoms with Gasteiger partial charge in [0.25, 0.3) is 0 Å². The number of nitrogens with one attached hydrogen (secondary N) is 2. The highest BCUT2D eigenvalue weighted by molar-refractivity contribution is 5.85. The van der Waals surface area contributed by atoms with Crippen molar-refractivity contribution in [2.45, 2.75) is 38.6 Å². The highest BCUT2D eigenvalue weighted by Gasteiger charge is 2.38. The smallest absolute Gasteiger partial charge is 0.0140 e. The zero-order valence-electron chi connectivity index (χ0n) is 14.0. The molecule has 0 radical (unpaired) electrons. The van der Waals surface area contributed by atoms with Crippen molar-refractivity contribution in [3.8, 4) is 0 Å². The second kappa shape index (κ2) is 10.4. The van der Waals surface area contributed by atoms with Crippen molar-refractivity contribution in [3.05, 3.63) is 41.5 Å². The third-order valence-electron chi connectivity index (χ3n) is 4.95. The molecule has 2 fully saturated rings. The first-order chi connectivity index (χ1) is 10.4. The Morgan fingerprint density at radius 1 is 1.17 bits per heavy atom. The second-order valence-electron chi connectivity index (χ2n) is 6.53. The van der Waals surface area contributed by atoms with Gasteiger partial charge in [0.15, 0.2) is 0 Å². The van der Waals surface area contributed by atoms with Gasteiger partial charge in [0.2, 0.25) is 0 Å². The minimum atomic E-state index is 0. The van der Waals surface area contributed by atoms with E-state index in [1.54, 1.807) is 5.57 Å². The minimum Gasteiger partial charge on any atom is -0.317 e. The highest BCUT2D eigenvalue weighted by Crippen LogP contribution is 2.39. The van der Waals surface area contributed by atoms with E-state index >= 15 is 0 Å². The second-order valence-corrected chi connectivity index (χ2v) is 6.53. The van der Waals surface area contributed by atoms with E-state index in [0.29, 0.717) is 0 Å². The largest absolute Gasteiger partial charge is 0.317 e. The van der Waals surface area contributed by atoms with E-state index in [9.17, 15) is 0 Å². The average Bonchev–Trinajstić information content (AvgIpc) is 3.32. The zero-order chi connectivity index (χ0) is 14.5. The molecular formula is C19H30Cl2N2. The molecule has 1 aliphatic heterocycles. The molecule has 1 saturated heterocycles. The molecule has 130 valence electrons. The van der Waals surface area contributed by atoms with E-state index in [2.05, 4.69) is 54.0 Å². The topological polar surface area (TPSA) is 24.1 Å². The Kier molecular flexibility index (Phi) is 9.23. The van der Waals surface area contributed by atoms with Gasteiger partial charge in [0.05, 0.1) is 0 Å². The monoisotopic (exact) mass is 356 g/mol. The third-order valence-corrected chi connectivity index (χ3v) is 4.95. The lowest BCUT2D eigenvalue weighted by molar-refractivity contribution is 0.354. The van der Waals surface area contributed by atoms with Crippen LogP contribution in [0.15, 0.2) is 35.9 Å². The fourth-order valence-electron chi connectivity index (χ4n) is 3.47. The Morgan fingerprint density at radius 3 is 2.52 bits per heavy atom. The maximum absolute atomic E-state index is 3.81. The van der Waals surface area contributed by atoms with Crippen molar-refractivity contribution in [1.29, 1.82) is 0 Å². The molecule has 2 unspecified atom stereocenters.